The van der Waals surface area contributed by atoms with Gasteiger partial charge >= 0.3 is 5.97 Å². The number of methoxy groups -OCH3 is 2. The van der Waals surface area contributed by atoms with Gasteiger partial charge in [0, 0.05) is 17.0 Å². The lowest BCUT2D eigenvalue weighted by molar-refractivity contribution is -0.158. The van der Waals surface area contributed by atoms with Crippen molar-refractivity contribution in [1.82, 2.24) is 0 Å². The Hall–Kier alpha value is -3.20. The number of Topliss-reactive ketones (excluding diaryl/α,β-unsaturated/α-hetero) is 1. The van der Waals surface area contributed by atoms with E-state index in [1.54, 1.807) is 26.0 Å². The van der Waals surface area contributed by atoms with E-state index in [-0.39, 0.29) is 48.6 Å². The number of carbonyl (C=O) groups is 2. The summed E-state index contributed by atoms with van der Waals surface area (Å²) in [5, 5.41) is 11.6. The summed E-state index contributed by atoms with van der Waals surface area (Å²) in [6.07, 6.45) is -0.142. The molecule has 5 unspecified atom stereocenters. The Morgan fingerprint density at radius 3 is 2.51 bits per heavy atom. The number of rotatable bonds is 4. The maximum absolute atomic E-state index is 14.2. The lowest BCUT2D eigenvalue weighted by Crippen LogP contribution is -2.51. The van der Waals surface area contributed by atoms with Gasteiger partial charge in [0.2, 0.25) is 24.1 Å². The third kappa shape index (κ3) is 3.10. The zero-order valence-corrected chi connectivity index (χ0v) is 20.7. The zero-order chi connectivity index (χ0) is 25.2. The van der Waals surface area contributed by atoms with Crippen LogP contribution in [0.5, 0.6) is 17.2 Å². The van der Waals surface area contributed by atoms with E-state index in [1.807, 2.05) is 13.8 Å². The molecule has 0 fully saturated rings. The number of benzene rings is 1. The van der Waals surface area contributed by atoms with Crippen molar-refractivity contribution in [1.29, 1.82) is 0 Å². The summed E-state index contributed by atoms with van der Waals surface area (Å²) in [5.41, 5.74) is 0.140. The van der Waals surface area contributed by atoms with Gasteiger partial charge < -0.3 is 33.5 Å². The number of aliphatic hydroxyl groups excluding tert-OH is 1. The highest BCUT2D eigenvalue weighted by Gasteiger charge is 2.61. The van der Waals surface area contributed by atoms with Crippen LogP contribution in [0, 0.1) is 17.8 Å². The van der Waals surface area contributed by atoms with Crippen molar-refractivity contribution in [2.75, 3.05) is 27.6 Å². The number of hydrogen-bond donors (Lipinski definition) is 1. The van der Waals surface area contributed by atoms with E-state index in [4.69, 9.17) is 28.4 Å². The summed E-state index contributed by atoms with van der Waals surface area (Å²) in [7, 11) is 2.85. The van der Waals surface area contributed by atoms with E-state index in [2.05, 4.69) is 0 Å². The van der Waals surface area contributed by atoms with Gasteiger partial charge in [-0.3, -0.25) is 9.59 Å². The van der Waals surface area contributed by atoms with Crippen LogP contribution in [0.3, 0.4) is 0 Å². The predicted octanol–water partition coefficient (Wildman–Crippen LogP) is 2.95. The number of esters is 1. The first-order valence-corrected chi connectivity index (χ1v) is 11.7. The number of carbonyl (C=O) groups excluding carboxylic acids is 2. The van der Waals surface area contributed by atoms with Crippen LogP contribution in [0.25, 0.3) is 0 Å². The number of fused-ring (bicyclic) bond motifs is 2. The van der Waals surface area contributed by atoms with E-state index < -0.39 is 23.4 Å². The van der Waals surface area contributed by atoms with Crippen LogP contribution in [0.2, 0.25) is 0 Å². The van der Waals surface area contributed by atoms with Crippen LogP contribution in [-0.4, -0.2) is 50.6 Å². The Morgan fingerprint density at radius 1 is 1.11 bits per heavy atom. The van der Waals surface area contributed by atoms with Gasteiger partial charge in [-0.2, -0.15) is 0 Å². The van der Waals surface area contributed by atoms with Crippen LogP contribution in [0.15, 0.2) is 29.2 Å². The highest BCUT2D eigenvalue weighted by molar-refractivity contribution is 6.08. The van der Waals surface area contributed by atoms with Gasteiger partial charge in [0.25, 0.3) is 0 Å². The summed E-state index contributed by atoms with van der Waals surface area (Å²) in [6, 6.07) is 1.77. The third-order valence-electron chi connectivity index (χ3n) is 7.68. The summed E-state index contributed by atoms with van der Waals surface area (Å²) >= 11 is 0. The highest BCUT2D eigenvalue weighted by Crippen LogP contribution is 2.61. The van der Waals surface area contributed by atoms with Crippen LogP contribution >= 0.6 is 0 Å². The Kier molecular flexibility index (Phi) is 5.51. The molecule has 4 aliphatic rings. The largest absolute Gasteiger partial charge is 0.493 e. The molecule has 0 aromatic heterocycles. The van der Waals surface area contributed by atoms with Crippen LogP contribution in [-0.2, 0) is 29.2 Å². The molecule has 0 radical (unpaired) electrons. The quantitative estimate of drug-likeness (QED) is 0.643. The fraction of sp³-hybridized carbons (Fsp3) is 0.538. The molecule has 1 N–H and O–H groups in total. The fourth-order valence-electron chi connectivity index (χ4n) is 5.50. The molecule has 0 amide bonds. The van der Waals surface area contributed by atoms with Crippen LogP contribution in [0.4, 0.5) is 0 Å². The molecule has 188 valence electrons. The van der Waals surface area contributed by atoms with Gasteiger partial charge in [0.15, 0.2) is 17.3 Å². The molecule has 1 aromatic rings. The first kappa shape index (κ1) is 23.5. The van der Waals surface area contributed by atoms with Crippen LogP contribution < -0.4 is 14.2 Å². The fourth-order valence-corrected chi connectivity index (χ4v) is 5.50. The Morgan fingerprint density at radius 2 is 1.86 bits per heavy atom. The Bertz CT molecular complexity index is 1160. The molecular weight excluding hydrogens is 456 g/mol. The summed E-state index contributed by atoms with van der Waals surface area (Å²) in [5.74, 6) is -0.391. The second kappa shape index (κ2) is 8.19. The zero-order valence-electron chi connectivity index (χ0n) is 20.7. The van der Waals surface area contributed by atoms with Gasteiger partial charge in [-0.1, -0.05) is 27.7 Å². The number of hydrogen-bond acceptors (Lipinski definition) is 9. The van der Waals surface area contributed by atoms with Crippen molar-refractivity contribution in [2.24, 2.45) is 17.8 Å². The molecule has 2 aliphatic carbocycles. The van der Waals surface area contributed by atoms with Crippen molar-refractivity contribution in [2.45, 2.75) is 45.3 Å². The molecule has 2 heterocycles. The minimum Gasteiger partial charge on any atom is -0.493 e. The van der Waals surface area contributed by atoms with E-state index in [9.17, 15) is 14.7 Å². The molecular formula is C26H30O9. The molecule has 5 atom stereocenters. The van der Waals surface area contributed by atoms with Gasteiger partial charge in [0.1, 0.15) is 18.1 Å². The highest BCUT2D eigenvalue weighted by atomic mass is 16.7. The summed E-state index contributed by atoms with van der Waals surface area (Å²) < 4.78 is 34.5. The lowest BCUT2D eigenvalue weighted by Gasteiger charge is -2.43. The average molecular weight is 487 g/mol. The van der Waals surface area contributed by atoms with Crippen molar-refractivity contribution in [3.8, 4) is 17.2 Å². The summed E-state index contributed by atoms with van der Waals surface area (Å²) in [6.45, 7) is 7.24. The minimum absolute atomic E-state index is 0.000304. The first-order chi connectivity index (χ1) is 16.7. The normalized spacial score (nSPS) is 30.6. The first-order valence-electron chi connectivity index (χ1n) is 11.7. The SMILES string of the molecule is COC1=C(OC)C(=O)C23COc4c5c(cc(c42)C(OC(=O)C(C)C)C(C)C(C)C(O)C3=C1)OCO5. The van der Waals surface area contributed by atoms with Crippen molar-refractivity contribution < 1.29 is 43.1 Å². The molecule has 35 heavy (non-hydrogen) atoms. The molecule has 1 aromatic carbocycles. The van der Waals surface area contributed by atoms with Crippen molar-refractivity contribution >= 4 is 11.8 Å². The lowest BCUT2D eigenvalue weighted by atomic mass is 9.61. The van der Waals surface area contributed by atoms with Gasteiger partial charge in [-0.25, -0.2) is 0 Å². The topological polar surface area (TPSA) is 110 Å². The second-order valence-electron chi connectivity index (χ2n) is 9.80. The number of aliphatic hydroxyl groups is 1. The van der Waals surface area contributed by atoms with E-state index >= 15 is 0 Å². The Labute approximate surface area is 203 Å². The van der Waals surface area contributed by atoms with Crippen LogP contribution in [0.1, 0.15) is 44.9 Å². The van der Waals surface area contributed by atoms with Gasteiger partial charge in [-0.15, -0.1) is 0 Å². The molecule has 0 saturated heterocycles. The maximum Gasteiger partial charge on any atom is 0.308 e. The predicted molar refractivity (Wildman–Crippen MR) is 122 cm³/mol. The molecule has 0 bridgehead atoms. The van der Waals surface area contributed by atoms with E-state index in [0.717, 1.165) is 0 Å². The molecule has 2 aliphatic heterocycles. The monoisotopic (exact) mass is 486 g/mol. The number of ether oxygens (including phenoxy) is 6. The Balaban J connectivity index is 1.84. The third-order valence-corrected chi connectivity index (χ3v) is 7.68. The molecule has 9 heteroatoms. The van der Waals surface area contributed by atoms with E-state index in [0.29, 0.717) is 33.9 Å². The average Bonchev–Trinajstić information content (AvgIpc) is 3.47. The minimum atomic E-state index is -1.41. The second-order valence-corrected chi connectivity index (χ2v) is 9.80. The standard InChI is InChI=1S/C26H30O9/c1-11(2)25(29)35-20-13(4)12(3)19(27)15-8-16(30-5)22(31-6)24(28)26(15)9-32-23-18(26)14(20)7-17-21(23)34-10-33-17/h7-8,11-13,19-20,27H,9-10H2,1-6H3. The summed E-state index contributed by atoms with van der Waals surface area (Å²) in [4.78, 5) is 27.0. The number of ketones is 1. The van der Waals surface area contributed by atoms with Crippen molar-refractivity contribution in [3.63, 3.8) is 0 Å². The van der Waals surface area contributed by atoms with Gasteiger partial charge in [0.05, 0.1) is 26.2 Å². The smallest absolute Gasteiger partial charge is 0.308 e. The molecule has 5 rings (SSSR count). The number of allylic oxidation sites excluding steroid dienone is 2. The molecule has 1 spiro atoms. The van der Waals surface area contributed by atoms with Crippen molar-refractivity contribution in [3.05, 3.63) is 40.4 Å². The molecule has 0 saturated carbocycles. The van der Waals surface area contributed by atoms with E-state index in [1.165, 1.54) is 14.2 Å². The maximum atomic E-state index is 14.2. The van der Waals surface area contributed by atoms with Gasteiger partial charge in [-0.05, 0) is 23.6 Å². The molecule has 9 nitrogen and oxygen atoms in total.